The molecule has 0 unspecified atom stereocenters. The van der Waals surface area contributed by atoms with Gasteiger partial charge in [0.25, 0.3) is 0 Å². The van der Waals surface area contributed by atoms with Crippen LogP contribution in [0.25, 0.3) is 10.9 Å². The predicted octanol–water partition coefficient (Wildman–Crippen LogP) is 4.93. The van der Waals surface area contributed by atoms with Crippen molar-refractivity contribution < 1.29 is 14.2 Å². The van der Waals surface area contributed by atoms with Crippen LogP contribution in [0, 0.1) is 11.8 Å². The zero-order chi connectivity index (χ0) is 28.3. The maximum atomic E-state index is 6.52. The molecule has 3 heterocycles. The molecular weight excluding hydrogens is 542 g/mol. The molecule has 0 radical (unpaired) electrons. The Balaban J connectivity index is 1.30. The van der Waals surface area contributed by atoms with Gasteiger partial charge in [0.2, 0.25) is 0 Å². The van der Waals surface area contributed by atoms with Crippen LogP contribution >= 0.6 is 11.6 Å². The van der Waals surface area contributed by atoms with E-state index in [1.54, 1.807) is 24.7 Å². The average Bonchev–Trinajstić information content (AvgIpc) is 3.00. The molecule has 4 aromatic rings. The van der Waals surface area contributed by atoms with E-state index in [0.717, 1.165) is 67.3 Å². The zero-order valence-electron chi connectivity index (χ0n) is 22.9. The molecule has 0 saturated carbocycles. The van der Waals surface area contributed by atoms with Gasteiger partial charge in [-0.1, -0.05) is 17.5 Å². The summed E-state index contributed by atoms with van der Waals surface area (Å²) >= 11 is 6.52. The van der Waals surface area contributed by atoms with E-state index in [1.807, 2.05) is 31.2 Å². The monoisotopic (exact) mass is 573 g/mol. The Morgan fingerprint density at radius 3 is 2.76 bits per heavy atom. The van der Waals surface area contributed by atoms with Crippen LogP contribution in [0.2, 0.25) is 5.02 Å². The second-order valence-electron chi connectivity index (χ2n) is 9.28. The highest BCUT2D eigenvalue weighted by Gasteiger charge is 2.14. The van der Waals surface area contributed by atoms with Crippen molar-refractivity contribution >= 4 is 39.7 Å². The smallest absolute Gasteiger partial charge is 0.144 e. The molecule has 2 N–H and O–H groups in total. The summed E-state index contributed by atoms with van der Waals surface area (Å²) in [6, 6.07) is 9.42. The molecule has 1 saturated heterocycles. The number of nitrogens with zero attached hydrogens (tertiary/aromatic N) is 5. The van der Waals surface area contributed by atoms with Crippen LogP contribution in [0.1, 0.15) is 19.0 Å². The first-order valence-corrected chi connectivity index (χ1v) is 13.9. The Labute approximate surface area is 244 Å². The molecule has 1 fully saturated rings. The molecule has 1 aliphatic heterocycles. The van der Waals surface area contributed by atoms with Crippen molar-refractivity contribution in [2.75, 3.05) is 56.6 Å². The molecule has 5 rings (SSSR count). The van der Waals surface area contributed by atoms with Crippen molar-refractivity contribution in [2.24, 2.45) is 0 Å². The number of morpholine rings is 1. The van der Waals surface area contributed by atoms with E-state index in [0.29, 0.717) is 35.4 Å². The topological polar surface area (TPSA) is 107 Å². The third kappa shape index (κ3) is 7.95. The third-order valence-electron chi connectivity index (χ3n) is 6.45. The lowest BCUT2D eigenvalue weighted by Gasteiger charge is -2.26. The quantitative estimate of drug-likeness (QED) is 0.179. The average molecular weight is 574 g/mol. The van der Waals surface area contributed by atoms with Crippen LogP contribution in [0.3, 0.4) is 0 Å². The van der Waals surface area contributed by atoms with Crippen molar-refractivity contribution in [1.29, 1.82) is 0 Å². The first-order chi connectivity index (χ1) is 20.2. The summed E-state index contributed by atoms with van der Waals surface area (Å²) in [5.74, 6) is 7.90. The highest BCUT2D eigenvalue weighted by atomic mass is 35.5. The van der Waals surface area contributed by atoms with Crippen LogP contribution in [0.15, 0.2) is 55.2 Å². The molecule has 41 heavy (non-hydrogen) atoms. The highest BCUT2D eigenvalue weighted by Crippen LogP contribution is 2.35. The first kappa shape index (κ1) is 28.4. The SMILES string of the molecule is CC#CCNc1cc2c(Nc3ccc(OCc4cnccn4)c(Cl)c3)ncnc2cc1OCCCN1CCOCC1. The van der Waals surface area contributed by atoms with Gasteiger partial charge in [-0.2, -0.15) is 0 Å². The van der Waals surface area contributed by atoms with Crippen molar-refractivity contribution in [1.82, 2.24) is 24.8 Å². The number of halogens is 1. The number of hydrogen-bond donors (Lipinski definition) is 2. The van der Waals surface area contributed by atoms with E-state index < -0.39 is 0 Å². The van der Waals surface area contributed by atoms with Gasteiger partial charge in [0.05, 0.1) is 54.5 Å². The van der Waals surface area contributed by atoms with Crippen molar-refractivity contribution in [3.63, 3.8) is 0 Å². The third-order valence-corrected chi connectivity index (χ3v) is 6.74. The van der Waals surface area contributed by atoms with Gasteiger partial charge in [-0.15, -0.1) is 5.92 Å². The van der Waals surface area contributed by atoms with E-state index in [4.69, 9.17) is 25.8 Å². The van der Waals surface area contributed by atoms with Crippen LogP contribution in [0.4, 0.5) is 17.2 Å². The lowest BCUT2D eigenvalue weighted by molar-refractivity contribution is 0.0358. The van der Waals surface area contributed by atoms with E-state index in [9.17, 15) is 0 Å². The van der Waals surface area contributed by atoms with Crippen molar-refractivity contribution in [3.8, 4) is 23.3 Å². The van der Waals surface area contributed by atoms with E-state index >= 15 is 0 Å². The van der Waals surface area contributed by atoms with Crippen LogP contribution < -0.4 is 20.1 Å². The van der Waals surface area contributed by atoms with E-state index in [2.05, 4.69) is 47.3 Å². The number of benzene rings is 2. The Morgan fingerprint density at radius 2 is 1.95 bits per heavy atom. The van der Waals surface area contributed by atoms with Gasteiger partial charge in [0, 0.05) is 49.2 Å². The molecular formula is C30H32ClN7O3. The van der Waals surface area contributed by atoms with Crippen molar-refractivity contribution in [2.45, 2.75) is 20.0 Å². The van der Waals surface area contributed by atoms with Gasteiger partial charge >= 0.3 is 0 Å². The summed E-state index contributed by atoms with van der Waals surface area (Å²) in [4.78, 5) is 19.7. The number of anilines is 3. The second-order valence-corrected chi connectivity index (χ2v) is 9.69. The van der Waals surface area contributed by atoms with Gasteiger partial charge in [-0.25, -0.2) is 9.97 Å². The van der Waals surface area contributed by atoms with E-state index in [1.165, 1.54) is 6.33 Å². The van der Waals surface area contributed by atoms with Crippen LogP contribution in [-0.2, 0) is 11.3 Å². The summed E-state index contributed by atoms with van der Waals surface area (Å²) in [5.41, 5.74) is 3.06. The molecule has 0 spiro atoms. The van der Waals surface area contributed by atoms with Gasteiger partial charge in [-0.05, 0) is 37.6 Å². The number of nitrogens with one attached hydrogen (secondary N) is 2. The van der Waals surface area contributed by atoms with E-state index in [-0.39, 0.29) is 6.61 Å². The number of hydrogen-bond acceptors (Lipinski definition) is 10. The summed E-state index contributed by atoms with van der Waals surface area (Å²) in [7, 11) is 0. The lowest BCUT2D eigenvalue weighted by Crippen LogP contribution is -2.37. The first-order valence-electron chi connectivity index (χ1n) is 13.5. The second kappa shape index (κ2) is 14.5. The molecule has 0 amide bonds. The van der Waals surface area contributed by atoms with Gasteiger partial charge < -0.3 is 24.8 Å². The van der Waals surface area contributed by atoms with Crippen LogP contribution in [0.5, 0.6) is 11.5 Å². The highest BCUT2D eigenvalue weighted by molar-refractivity contribution is 6.32. The Bertz CT molecular complexity index is 1500. The van der Waals surface area contributed by atoms with Gasteiger partial charge in [-0.3, -0.25) is 14.9 Å². The van der Waals surface area contributed by atoms with Crippen LogP contribution in [-0.4, -0.2) is 70.8 Å². The summed E-state index contributed by atoms with van der Waals surface area (Å²) < 4.78 is 17.5. The number of fused-ring (bicyclic) bond motifs is 1. The molecule has 2 aromatic heterocycles. The fourth-order valence-corrected chi connectivity index (χ4v) is 4.59. The van der Waals surface area contributed by atoms with Gasteiger partial charge in [0.15, 0.2) is 0 Å². The predicted molar refractivity (Wildman–Crippen MR) is 160 cm³/mol. The lowest BCUT2D eigenvalue weighted by atomic mass is 10.1. The molecule has 10 nitrogen and oxygen atoms in total. The van der Waals surface area contributed by atoms with Crippen molar-refractivity contribution in [3.05, 3.63) is 66.0 Å². The molecule has 0 bridgehead atoms. The summed E-state index contributed by atoms with van der Waals surface area (Å²) in [6.45, 7) is 7.67. The Kier molecular flexibility index (Phi) is 10.0. The minimum Gasteiger partial charge on any atom is -0.491 e. The maximum Gasteiger partial charge on any atom is 0.144 e. The standard InChI is InChI=1S/C30H32ClN7O3/c1-2-3-7-34-27-17-24-26(18-29(27)40-13-4-10-38-11-14-39-15-12-38)35-21-36-30(24)37-22-5-6-28(25(31)16-22)41-20-23-19-32-8-9-33-23/h5-6,8-9,16-19,21,34H,4,7,10-15,20H2,1H3,(H,35,36,37). The summed E-state index contributed by atoms with van der Waals surface area (Å²) in [6.07, 6.45) is 7.35. The minimum absolute atomic E-state index is 0.271. The minimum atomic E-state index is 0.271. The Morgan fingerprint density at radius 1 is 1.05 bits per heavy atom. The fourth-order valence-electron chi connectivity index (χ4n) is 4.35. The molecule has 11 heteroatoms. The number of aromatic nitrogens is 4. The molecule has 0 atom stereocenters. The molecule has 212 valence electrons. The van der Waals surface area contributed by atoms with Gasteiger partial charge in [0.1, 0.15) is 30.3 Å². The molecule has 1 aliphatic rings. The zero-order valence-corrected chi connectivity index (χ0v) is 23.7. The Hall–Kier alpha value is -4.17. The summed E-state index contributed by atoms with van der Waals surface area (Å²) in [5, 5.41) is 8.04. The molecule has 0 aliphatic carbocycles. The molecule has 2 aromatic carbocycles. The fraction of sp³-hybridized carbons (Fsp3) is 0.333. The number of ether oxygens (including phenoxy) is 3. The number of rotatable bonds is 12. The largest absolute Gasteiger partial charge is 0.491 e. The normalized spacial score (nSPS) is 13.3. The maximum absolute atomic E-state index is 6.52.